The maximum atomic E-state index is 12.7. The van der Waals surface area contributed by atoms with Crippen molar-refractivity contribution in [3.63, 3.8) is 0 Å². The first-order valence-electron chi connectivity index (χ1n) is 11.3. The molecule has 34 heavy (non-hydrogen) atoms. The first kappa shape index (κ1) is 22.1. The van der Waals surface area contributed by atoms with E-state index >= 15 is 0 Å². The van der Waals surface area contributed by atoms with Crippen LogP contribution in [0.15, 0.2) is 108 Å². The Bertz CT molecular complexity index is 1410. The van der Waals surface area contributed by atoms with E-state index in [0.29, 0.717) is 19.5 Å². The van der Waals surface area contributed by atoms with Gasteiger partial charge in [0.1, 0.15) is 5.82 Å². The molecule has 1 amide bonds. The Morgan fingerprint density at radius 1 is 0.765 bits per heavy atom. The van der Waals surface area contributed by atoms with Gasteiger partial charge in [0, 0.05) is 11.0 Å². The lowest BCUT2D eigenvalue weighted by Gasteiger charge is -2.11. The number of para-hydroxylation sites is 2. The molecule has 0 spiro atoms. The topological polar surface area (TPSA) is 46.9 Å². The van der Waals surface area contributed by atoms with E-state index in [1.54, 1.807) is 0 Å². The molecule has 0 aliphatic carbocycles. The van der Waals surface area contributed by atoms with Gasteiger partial charge in [0.05, 0.1) is 24.0 Å². The Hall–Kier alpha value is -3.70. The summed E-state index contributed by atoms with van der Waals surface area (Å²) in [6.45, 7) is 1.08. The number of rotatable bonds is 7. The van der Waals surface area contributed by atoms with Gasteiger partial charge < -0.3 is 9.88 Å². The summed E-state index contributed by atoms with van der Waals surface area (Å²) in [6.07, 6.45) is 0.335. The van der Waals surface area contributed by atoms with Gasteiger partial charge in [-0.2, -0.15) is 0 Å². The molecule has 4 aromatic carbocycles. The van der Waals surface area contributed by atoms with E-state index in [9.17, 15) is 4.79 Å². The molecule has 0 bridgehead atoms. The van der Waals surface area contributed by atoms with Crippen LogP contribution < -0.4 is 5.32 Å². The lowest BCUT2D eigenvalue weighted by molar-refractivity contribution is -0.120. The van der Waals surface area contributed by atoms with Gasteiger partial charge in [-0.15, -0.1) is 0 Å². The third-order valence-electron chi connectivity index (χ3n) is 5.86. The molecule has 0 radical (unpaired) electrons. The van der Waals surface area contributed by atoms with Crippen molar-refractivity contribution in [1.29, 1.82) is 0 Å². The molecule has 0 atom stereocenters. The Morgan fingerprint density at radius 3 is 2.18 bits per heavy atom. The van der Waals surface area contributed by atoms with Gasteiger partial charge in [-0.05, 0) is 46.5 Å². The van der Waals surface area contributed by atoms with Crippen molar-refractivity contribution in [2.75, 3.05) is 0 Å². The molecule has 0 aliphatic heterocycles. The summed E-state index contributed by atoms with van der Waals surface area (Å²) in [5.74, 6) is 0.826. The quantitative estimate of drug-likeness (QED) is 0.277. The van der Waals surface area contributed by atoms with Crippen molar-refractivity contribution in [2.24, 2.45) is 0 Å². The Balaban J connectivity index is 1.28. The van der Waals surface area contributed by atoms with Crippen LogP contribution in [0, 0.1) is 0 Å². The number of nitrogens with one attached hydrogen (secondary N) is 1. The average molecular weight is 510 g/mol. The minimum atomic E-state index is -0.0188. The highest BCUT2D eigenvalue weighted by Gasteiger charge is 2.12. The van der Waals surface area contributed by atoms with Crippen molar-refractivity contribution in [3.8, 4) is 11.1 Å². The standard InChI is InChI=1S/C29H24BrN3O/c30-25-16-12-22(13-17-25)20-33-27-9-5-4-8-26(27)32-28(33)19-31-29(34)18-21-10-14-24(15-11-21)23-6-2-1-3-7-23/h1-17H,18-20H2,(H,31,34). The van der Waals surface area contributed by atoms with Crippen molar-refractivity contribution in [3.05, 3.63) is 125 Å². The lowest BCUT2D eigenvalue weighted by atomic mass is 10.0. The number of imidazole rings is 1. The molecular formula is C29H24BrN3O. The minimum Gasteiger partial charge on any atom is -0.349 e. The zero-order chi connectivity index (χ0) is 23.3. The molecule has 0 aliphatic rings. The van der Waals surface area contributed by atoms with Crippen LogP contribution >= 0.6 is 15.9 Å². The van der Waals surface area contributed by atoms with Gasteiger partial charge in [0.25, 0.3) is 0 Å². The van der Waals surface area contributed by atoms with Gasteiger partial charge in [-0.3, -0.25) is 4.79 Å². The largest absolute Gasteiger partial charge is 0.349 e. The van der Waals surface area contributed by atoms with Crippen molar-refractivity contribution in [2.45, 2.75) is 19.5 Å². The fraction of sp³-hybridized carbons (Fsp3) is 0.103. The van der Waals surface area contributed by atoms with Crippen molar-refractivity contribution in [1.82, 2.24) is 14.9 Å². The molecule has 5 rings (SSSR count). The summed E-state index contributed by atoms with van der Waals surface area (Å²) in [6, 6.07) is 34.8. The normalized spacial score (nSPS) is 11.0. The average Bonchev–Trinajstić information content (AvgIpc) is 3.22. The van der Waals surface area contributed by atoms with Gasteiger partial charge in [-0.25, -0.2) is 4.98 Å². The fourth-order valence-corrected chi connectivity index (χ4v) is 4.34. The number of carbonyl (C=O) groups is 1. The van der Waals surface area contributed by atoms with Crippen LogP contribution in [0.4, 0.5) is 0 Å². The molecule has 5 heteroatoms. The molecule has 0 unspecified atom stereocenters. The van der Waals surface area contributed by atoms with Crippen LogP contribution in [-0.2, 0) is 24.3 Å². The van der Waals surface area contributed by atoms with Crippen LogP contribution in [0.3, 0.4) is 0 Å². The van der Waals surface area contributed by atoms with E-state index in [0.717, 1.165) is 32.5 Å². The third-order valence-corrected chi connectivity index (χ3v) is 6.39. The number of hydrogen-bond donors (Lipinski definition) is 1. The molecule has 1 aromatic heterocycles. The number of halogens is 1. The van der Waals surface area contributed by atoms with Crippen LogP contribution in [0.5, 0.6) is 0 Å². The number of amides is 1. The third kappa shape index (κ3) is 5.10. The van der Waals surface area contributed by atoms with Gasteiger partial charge >= 0.3 is 0 Å². The zero-order valence-electron chi connectivity index (χ0n) is 18.6. The number of benzene rings is 4. The number of fused-ring (bicyclic) bond motifs is 1. The monoisotopic (exact) mass is 509 g/mol. The van der Waals surface area contributed by atoms with E-state index < -0.39 is 0 Å². The maximum Gasteiger partial charge on any atom is 0.224 e. The maximum absolute atomic E-state index is 12.7. The highest BCUT2D eigenvalue weighted by Crippen LogP contribution is 2.21. The first-order chi connectivity index (χ1) is 16.7. The second-order valence-electron chi connectivity index (χ2n) is 8.25. The number of nitrogens with zero attached hydrogens (tertiary/aromatic N) is 2. The molecular weight excluding hydrogens is 486 g/mol. The molecule has 5 aromatic rings. The van der Waals surface area contributed by atoms with Gasteiger partial charge in [0.15, 0.2) is 0 Å². The number of hydrogen-bond acceptors (Lipinski definition) is 2. The zero-order valence-corrected chi connectivity index (χ0v) is 20.2. The highest BCUT2D eigenvalue weighted by molar-refractivity contribution is 9.10. The summed E-state index contributed by atoms with van der Waals surface area (Å²) >= 11 is 3.49. The predicted octanol–water partition coefficient (Wildman–Crippen LogP) is 6.37. The summed E-state index contributed by atoms with van der Waals surface area (Å²) in [7, 11) is 0. The Kier molecular flexibility index (Phi) is 6.54. The summed E-state index contributed by atoms with van der Waals surface area (Å²) in [4.78, 5) is 17.5. The van der Waals surface area contributed by atoms with Crippen molar-refractivity contribution < 1.29 is 4.79 Å². The molecule has 0 fully saturated rings. The molecule has 1 heterocycles. The van der Waals surface area contributed by atoms with E-state index in [1.807, 2.05) is 60.7 Å². The fourth-order valence-electron chi connectivity index (χ4n) is 4.08. The summed E-state index contributed by atoms with van der Waals surface area (Å²) in [5, 5.41) is 3.06. The molecule has 4 nitrogen and oxygen atoms in total. The second-order valence-corrected chi connectivity index (χ2v) is 9.16. The SMILES string of the molecule is O=C(Cc1ccc(-c2ccccc2)cc1)NCc1nc2ccccc2n1Cc1ccc(Br)cc1. The van der Waals surface area contributed by atoms with E-state index in [2.05, 4.69) is 68.3 Å². The Labute approximate surface area is 207 Å². The van der Waals surface area contributed by atoms with Gasteiger partial charge in [0.2, 0.25) is 5.91 Å². The van der Waals surface area contributed by atoms with Gasteiger partial charge in [-0.1, -0.05) is 94.8 Å². The second kappa shape index (κ2) is 10.1. The molecule has 168 valence electrons. The summed E-state index contributed by atoms with van der Waals surface area (Å²) in [5.41, 5.74) is 6.47. The molecule has 1 N–H and O–H groups in total. The van der Waals surface area contributed by atoms with E-state index in [-0.39, 0.29) is 5.91 Å². The van der Waals surface area contributed by atoms with Crippen LogP contribution in [-0.4, -0.2) is 15.5 Å². The van der Waals surface area contributed by atoms with Crippen LogP contribution in [0.25, 0.3) is 22.2 Å². The molecule has 0 saturated heterocycles. The van der Waals surface area contributed by atoms with E-state index in [4.69, 9.17) is 4.98 Å². The minimum absolute atomic E-state index is 0.0188. The van der Waals surface area contributed by atoms with Crippen LogP contribution in [0.2, 0.25) is 0 Å². The number of aromatic nitrogens is 2. The highest BCUT2D eigenvalue weighted by atomic mass is 79.9. The first-order valence-corrected chi connectivity index (χ1v) is 12.0. The lowest BCUT2D eigenvalue weighted by Crippen LogP contribution is -2.26. The summed E-state index contributed by atoms with van der Waals surface area (Å²) < 4.78 is 3.23. The van der Waals surface area contributed by atoms with Crippen LogP contribution in [0.1, 0.15) is 17.0 Å². The van der Waals surface area contributed by atoms with Crippen molar-refractivity contribution >= 4 is 32.9 Å². The Morgan fingerprint density at radius 2 is 1.41 bits per heavy atom. The van der Waals surface area contributed by atoms with E-state index in [1.165, 1.54) is 11.1 Å². The predicted molar refractivity (Wildman–Crippen MR) is 140 cm³/mol. The molecule has 0 saturated carbocycles. The number of carbonyl (C=O) groups excluding carboxylic acids is 1. The smallest absolute Gasteiger partial charge is 0.224 e.